The molecule has 0 fully saturated rings. The van der Waals surface area contributed by atoms with Crippen LogP contribution >= 0.6 is 0 Å². The van der Waals surface area contributed by atoms with Crippen LogP contribution in [0.15, 0.2) is 24.3 Å². The number of ether oxygens (including phenoxy) is 1. The second kappa shape index (κ2) is 8.29. The number of hydrogen-bond donors (Lipinski definition) is 2. The molecule has 1 amide bonds. The second-order valence-corrected chi connectivity index (χ2v) is 5.44. The van der Waals surface area contributed by atoms with Gasteiger partial charge in [0.1, 0.15) is 5.75 Å². The summed E-state index contributed by atoms with van der Waals surface area (Å²) in [4.78, 5) is 22.5. The number of hydrogen-bond acceptors (Lipinski definition) is 3. The van der Waals surface area contributed by atoms with E-state index in [1.54, 1.807) is 18.2 Å². The number of nitrogens with one attached hydrogen (secondary N) is 1. The molecular weight excluding hydrogens is 270 g/mol. The van der Waals surface area contributed by atoms with Gasteiger partial charge < -0.3 is 15.2 Å². The molecule has 0 aliphatic carbocycles. The Labute approximate surface area is 125 Å². The van der Waals surface area contributed by atoms with Gasteiger partial charge in [-0.3, -0.25) is 9.59 Å². The molecule has 1 atom stereocenters. The van der Waals surface area contributed by atoms with Gasteiger partial charge in [0, 0.05) is 18.5 Å². The van der Waals surface area contributed by atoms with Crippen LogP contribution in [0.4, 0.5) is 0 Å². The van der Waals surface area contributed by atoms with E-state index in [0.29, 0.717) is 24.3 Å². The molecule has 0 aromatic heterocycles. The first-order chi connectivity index (χ1) is 9.88. The van der Waals surface area contributed by atoms with Gasteiger partial charge in [-0.25, -0.2) is 0 Å². The minimum Gasteiger partial charge on any atom is -0.491 e. The van der Waals surface area contributed by atoms with Gasteiger partial charge >= 0.3 is 5.97 Å². The van der Waals surface area contributed by atoms with Crippen LogP contribution in [0.1, 0.15) is 44.0 Å². The highest BCUT2D eigenvalue weighted by molar-refractivity contribution is 5.94. The molecule has 0 bridgehead atoms. The average molecular weight is 293 g/mol. The molecule has 5 heteroatoms. The highest BCUT2D eigenvalue weighted by Gasteiger charge is 2.10. The van der Waals surface area contributed by atoms with Crippen molar-refractivity contribution in [1.82, 2.24) is 5.32 Å². The van der Waals surface area contributed by atoms with Crippen molar-refractivity contribution in [2.45, 2.75) is 39.7 Å². The summed E-state index contributed by atoms with van der Waals surface area (Å²) in [5.74, 6) is -0.199. The predicted molar refractivity (Wildman–Crippen MR) is 80.6 cm³/mol. The van der Waals surface area contributed by atoms with E-state index in [9.17, 15) is 9.59 Å². The van der Waals surface area contributed by atoms with Crippen LogP contribution in [-0.4, -0.2) is 29.6 Å². The van der Waals surface area contributed by atoms with Gasteiger partial charge in [0.2, 0.25) is 0 Å². The lowest BCUT2D eigenvalue weighted by Crippen LogP contribution is -2.28. The standard InChI is InChI=1S/C16H23NO4/c1-11(2)21-14-6-4-5-13(9-14)16(20)17-10-12(3)7-8-15(18)19/h4-6,9,11-12H,7-8,10H2,1-3H3,(H,17,20)(H,18,19). The maximum Gasteiger partial charge on any atom is 0.303 e. The van der Waals surface area contributed by atoms with Crippen LogP contribution in [0.3, 0.4) is 0 Å². The van der Waals surface area contributed by atoms with E-state index in [4.69, 9.17) is 9.84 Å². The van der Waals surface area contributed by atoms with Gasteiger partial charge in [-0.2, -0.15) is 0 Å². The molecule has 0 saturated carbocycles. The third-order valence-corrected chi connectivity index (χ3v) is 2.93. The van der Waals surface area contributed by atoms with Gasteiger partial charge in [0.15, 0.2) is 0 Å². The lowest BCUT2D eigenvalue weighted by atomic mass is 10.1. The second-order valence-electron chi connectivity index (χ2n) is 5.44. The number of rotatable bonds is 8. The van der Waals surface area contributed by atoms with Gasteiger partial charge in [0.05, 0.1) is 6.10 Å². The summed E-state index contributed by atoms with van der Waals surface area (Å²) in [7, 11) is 0. The number of carboxylic acid groups (broad SMARTS) is 1. The molecule has 0 saturated heterocycles. The molecule has 1 rings (SSSR count). The molecule has 1 unspecified atom stereocenters. The number of amides is 1. The molecule has 0 spiro atoms. The normalized spacial score (nSPS) is 12.0. The summed E-state index contributed by atoms with van der Waals surface area (Å²) >= 11 is 0. The Morgan fingerprint density at radius 3 is 2.62 bits per heavy atom. The highest BCUT2D eigenvalue weighted by Crippen LogP contribution is 2.15. The van der Waals surface area contributed by atoms with Crippen molar-refractivity contribution in [3.63, 3.8) is 0 Å². The first-order valence-corrected chi connectivity index (χ1v) is 7.15. The van der Waals surface area contributed by atoms with Gasteiger partial charge in [-0.1, -0.05) is 13.0 Å². The molecule has 0 aliphatic heterocycles. The minimum absolute atomic E-state index is 0.0550. The van der Waals surface area contributed by atoms with Gasteiger partial charge in [-0.15, -0.1) is 0 Å². The zero-order chi connectivity index (χ0) is 15.8. The quantitative estimate of drug-likeness (QED) is 0.772. The van der Waals surface area contributed by atoms with Crippen molar-refractivity contribution < 1.29 is 19.4 Å². The lowest BCUT2D eigenvalue weighted by Gasteiger charge is -2.13. The van der Waals surface area contributed by atoms with Gasteiger partial charge in [0.25, 0.3) is 5.91 Å². The largest absolute Gasteiger partial charge is 0.491 e. The third-order valence-electron chi connectivity index (χ3n) is 2.93. The third kappa shape index (κ3) is 6.79. The summed E-state index contributed by atoms with van der Waals surface area (Å²) < 4.78 is 5.55. The molecule has 116 valence electrons. The van der Waals surface area contributed by atoms with Crippen LogP contribution in [0.2, 0.25) is 0 Å². The maximum atomic E-state index is 12.0. The Morgan fingerprint density at radius 2 is 2.00 bits per heavy atom. The van der Waals surface area contributed by atoms with Crippen molar-refractivity contribution in [2.75, 3.05) is 6.54 Å². The number of aliphatic carboxylic acids is 1. The topological polar surface area (TPSA) is 75.6 Å². The summed E-state index contributed by atoms with van der Waals surface area (Å²) in [5, 5.41) is 11.4. The molecule has 21 heavy (non-hydrogen) atoms. The minimum atomic E-state index is -0.813. The zero-order valence-electron chi connectivity index (χ0n) is 12.8. The van der Waals surface area contributed by atoms with Crippen molar-refractivity contribution in [1.29, 1.82) is 0 Å². The van der Waals surface area contributed by atoms with E-state index >= 15 is 0 Å². The van der Waals surface area contributed by atoms with Crippen molar-refractivity contribution in [3.8, 4) is 5.75 Å². The monoisotopic (exact) mass is 293 g/mol. The number of carboxylic acids is 1. The van der Waals surface area contributed by atoms with E-state index in [-0.39, 0.29) is 24.3 Å². The van der Waals surface area contributed by atoms with E-state index in [2.05, 4.69) is 5.32 Å². The first kappa shape index (κ1) is 17.0. The Kier molecular flexibility index (Phi) is 6.72. The van der Waals surface area contributed by atoms with Gasteiger partial charge in [-0.05, 0) is 44.4 Å². The molecule has 0 radical (unpaired) electrons. The Balaban J connectivity index is 2.49. The zero-order valence-corrected chi connectivity index (χ0v) is 12.8. The lowest BCUT2D eigenvalue weighted by molar-refractivity contribution is -0.137. The van der Waals surface area contributed by atoms with Crippen LogP contribution < -0.4 is 10.1 Å². The van der Waals surface area contributed by atoms with Crippen LogP contribution in [0.25, 0.3) is 0 Å². The summed E-state index contributed by atoms with van der Waals surface area (Å²) in [6.45, 7) is 6.23. The Hall–Kier alpha value is -2.04. The van der Waals surface area contributed by atoms with Crippen LogP contribution in [-0.2, 0) is 4.79 Å². The Morgan fingerprint density at radius 1 is 1.29 bits per heavy atom. The van der Waals surface area contributed by atoms with E-state index < -0.39 is 5.97 Å². The fourth-order valence-corrected chi connectivity index (χ4v) is 1.82. The maximum absolute atomic E-state index is 12.0. The van der Waals surface area contributed by atoms with E-state index in [1.807, 2.05) is 26.8 Å². The Bertz CT molecular complexity index is 485. The molecule has 1 aromatic carbocycles. The van der Waals surface area contributed by atoms with Crippen molar-refractivity contribution in [3.05, 3.63) is 29.8 Å². The smallest absolute Gasteiger partial charge is 0.303 e. The highest BCUT2D eigenvalue weighted by atomic mass is 16.5. The fourth-order valence-electron chi connectivity index (χ4n) is 1.82. The predicted octanol–water partition coefficient (Wildman–Crippen LogP) is 2.70. The number of carbonyl (C=O) groups is 2. The summed E-state index contributed by atoms with van der Waals surface area (Å²) in [6, 6.07) is 7.02. The molecule has 0 aliphatic rings. The summed E-state index contributed by atoms with van der Waals surface area (Å²) in [5.41, 5.74) is 0.540. The van der Waals surface area contributed by atoms with Crippen LogP contribution in [0.5, 0.6) is 5.75 Å². The van der Waals surface area contributed by atoms with E-state index in [1.165, 1.54) is 0 Å². The molecule has 0 heterocycles. The molecule has 1 aromatic rings. The molecular formula is C16H23NO4. The van der Waals surface area contributed by atoms with E-state index in [0.717, 1.165) is 0 Å². The van der Waals surface area contributed by atoms with Crippen molar-refractivity contribution in [2.24, 2.45) is 5.92 Å². The van der Waals surface area contributed by atoms with Crippen molar-refractivity contribution >= 4 is 11.9 Å². The molecule has 5 nitrogen and oxygen atoms in total. The number of carbonyl (C=O) groups excluding carboxylic acids is 1. The average Bonchev–Trinajstić information content (AvgIpc) is 2.42. The number of benzene rings is 1. The SMILES string of the molecule is CC(CCC(=O)O)CNC(=O)c1cccc(OC(C)C)c1. The summed E-state index contributed by atoms with van der Waals surface area (Å²) in [6.07, 6.45) is 0.722. The fraction of sp³-hybridized carbons (Fsp3) is 0.500. The molecule has 2 N–H and O–H groups in total. The van der Waals surface area contributed by atoms with Crippen LogP contribution in [0, 0.1) is 5.92 Å². The first-order valence-electron chi connectivity index (χ1n) is 7.15.